The second-order valence-electron chi connectivity index (χ2n) is 5.98. The van der Waals surface area contributed by atoms with E-state index >= 15 is 0 Å². The van der Waals surface area contributed by atoms with Gasteiger partial charge in [-0.3, -0.25) is 0 Å². The smallest absolute Gasteiger partial charge is 0.335 e. The third kappa shape index (κ3) is 15.1. The van der Waals surface area contributed by atoms with Crippen LogP contribution in [0.15, 0.2) is 121 Å². The number of hydrogen-bond acceptors (Lipinski definition) is 3. The van der Waals surface area contributed by atoms with Crippen molar-refractivity contribution in [1.29, 1.82) is 0 Å². The van der Waals surface area contributed by atoms with E-state index in [-0.39, 0.29) is 31.7 Å². The molecule has 0 aliphatic rings. The van der Waals surface area contributed by atoms with Crippen molar-refractivity contribution in [3.8, 4) is 0 Å². The molecule has 0 fully saturated rings. The van der Waals surface area contributed by atoms with Crippen LogP contribution in [0.3, 0.4) is 0 Å². The van der Waals surface area contributed by atoms with E-state index in [1.807, 2.05) is 30.3 Å². The molecule has 0 amide bonds. The number of carboxylic acids is 3. The van der Waals surface area contributed by atoms with Gasteiger partial charge in [0.1, 0.15) is 0 Å². The SMILES string of the molecule is O.O=C(O)c1ccccc1.O=C(O)c1ccccc1.O=C(O)c1ccccc1.[Zr].c1cc[cH-]c1. The molecular weight excluding hydrogens is 516 g/mol. The van der Waals surface area contributed by atoms with E-state index in [0.717, 1.165) is 0 Å². The third-order valence-corrected chi connectivity index (χ3v) is 3.62. The van der Waals surface area contributed by atoms with Crippen LogP contribution < -0.4 is 0 Å². The molecule has 7 nitrogen and oxygen atoms in total. The molecule has 0 radical (unpaired) electrons. The minimum Gasteiger partial charge on any atom is -0.478 e. The zero-order valence-electron chi connectivity index (χ0n) is 18.1. The minimum atomic E-state index is -0.879. The summed E-state index contributed by atoms with van der Waals surface area (Å²) in [7, 11) is 0. The summed E-state index contributed by atoms with van der Waals surface area (Å²) in [4.78, 5) is 30.6. The van der Waals surface area contributed by atoms with Gasteiger partial charge >= 0.3 is 17.9 Å². The van der Waals surface area contributed by atoms with Gasteiger partial charge in [0.2, 0.25) is 0 Å². The summed E-state index contributed by atoms with van der Waals surface area (Å²) in [5.74, 6) is -2.64. The molecule has 4 aromatic rings. The van der Waals surface area contributed by atoms with Crippen molar-refractivity contribution >= 4 is 17.9 Å². The molecule has 34 heavy (non-hydrogen) atoms. The fourth-order valence-corrected chi connectivity index (χ4v) is 2.06. The molecule has 8 heteroatoms. The Morgan fingerprint density at radius 2 is 0.706 bits per heavy atom. The number of benzene rings is 3. The Bertz CT molecular complexity index is 902. The molecule has 0 aromatic heterocycles. The zero-order chi connectivity index (χ0) is 23.6. The van der Waals surface area contributed by atoms with Crippen molar-refractivity contribution in [3.63, 3.8) is 0 Å². The van der Waals surface area contributed by atoms with Gasteiger partial charge < -0.3 is 20.8 Å². The summed E-state index contributed by atoms with van der Waals surface area (Å²) < 4.78 is 0. The summed E-state index contributed by atoms with van der Waals surface area (Å²) in [6.45, 7) is 0. The predicted octanol–water partition coefficient (Wildman–Crippen LogP) is 4.73. The van der Waals surface area contributed by atoms with Crippen LogP contribution in [0.1, 0.15) is 31.1 Å². The maximum Gasteiger partial charge on any atom is 0.335 e. The Morgan fingerprint density at radius 3 is 0.824 bits per heavy atom. The Hall–Kier alpha value is -3.74. The number of carbonyl (C=O) groups is 3. The maximum absolute atomic E-state index is 10.2. The molecule has 0 bridgehead atoms. The monoisotopic (exact) mass is 539 g/mol. The summed E-state index contributed by atoms with van der Waals surface area (Å²) in [6, 6.07) is 34.9. The zero-order valence-corrected chi connectivity index (χ0v) is 20.6. The van der Waals surface area contributed by atoms with E-state index in [1.165, 1.54) is 0 Å². The second kappa shape index (κ2) is 19.9. The Balaban J connectivity index is 0. The molecule has 4 aromatic carbocycles. The third-order valence-electron chi connectivity index (χ3n) is 3.62. The fraction of sp³-hybridized carbons (Fsp3) is 0. The van der Waals surface area contributed by atoms with Crippen molar-refractivity contribution in [1.82, 2.24) is 0 Å². The van der Waals surface area contributed by atoms with Crippen molar-refractivity contribution in [2.45, 2.75) is 0 Å². The molecule has 0 saturated heterocycles. The predicted molar refractivity (Wildman–Crippen MR) is 126 cm³/mol. The first-order chi connectivity index (χ1) is 15.4. The van der Waals surface area contributed by atoms with Crippen molar-refractivity contribution in [2.24, 2.45) is 0 Å². The molecule has 5 N–H and O–H groups in total. The van der Waals surface area contributed by atoms with Gasteiger partial charge in [-0.2, -0.15) is 18.2 Å². The van der Waals surface area contributed by atoms with Gasteiger partial charge in [-0.15, -0.1) is 0 Å². The van der Waals surface area contributed by atoms with E-state index < -0.39 is 17.9 Å². The van der Waals surface area contributed by atoms with Crippen LogP contribution in [0.5, 0.6) is 0 Å². The van der Waals surface area contributed by atoms with Gasteiger partial charge in [0.25, 0.3) is 0 Å². The number of hydrogen-bond donors (Lipinski definition) is 3. The van der Waals surface area contributed by atoms with Crippen LogP contribution in [0.2, 0.25) is 0 Å². The number of rotatable bonds is 3. The number of carboxylic acid groups (broad SMARTS) is 3. The topological polar surface area (TPSA) is 143 Å². The summed E-state index contributed by atoms with van der Waals surface area (Å²) in [5, 5.41) is 25.2. The number of aromatic carboxylic acids is 3. The first-order valence-electron chi connectivity index (χ1n) is 9.43. The summed E-state index contributed by atoms with van der Waals surface area (Å²) in [6.07, 6.45) is 0. The Kier molecular flexibility index (Phi) is 19.0. The molecule has 4 rings (SSSR count). The summed E-state index contributed by atoms with van der Waals surface area (Å²) in [5.41, 5.74) is 0.993. The first kappa shape index (κ1) is 32.4. The molecule has 0 aliphatic carbocycles. The molecular formula is C26H25O7Zr-. The van der Waals surface area contributed by atoms with Crippen LogP contribution in [0.25, 0.3) is 0 Å². The van der Waals surface area contributed by atoms with Gasteiger partial charge in [0.15, 0.2) is 0 Å². The average Bonchev–Trinajstić information content (AvgIpc) is 3.42. The van der Waals surface area contributed by atoms with Crippen molar-refractivity contribution in [2.75, 3.05) is 0 Å². The van der Waals surface area contributed by atoms with E-state index in [9.17, 15) is 14.4 Å². The van der Waals surface area contributed by atoms with Crippen molar-refractivity contribution < 1.29 is 61.4 Å². The average molecular weight is 541 g/mol. The van der Waals surface area contributed by atoms with Gasteiger partial charge in [0, 0.05) is 26.2 Å². The van der Waals surface area contributed by atoms with Gasteiger partial charge in [-0.05, 0) is 36.4 Å². The molecule has 0 heterocycles. The van der Waals surface area contributed by atoms with Crippen LogP contribution in [-0.4, -0.2) is 38.7 Å². The largest absolute Gasteiger partial charge is 0.478 e. The normalized spacial score (nSPS) is 8.24. The van der Waals surface area contributed by atoms with Crippen LogP contribution in [0.4, 0.5) is 0 Å². The molecule has 0 aliphatic heterocycles. The van der Waals surface area contributed by atoms with E-state index in [4.69, 9.17) is 15.3 Å². The standard InChI is InChI=1S/3C7H6O2.C5H5.H2O.Zr/c3*8-7(9)6-4-2-1-3-5-6;1-2-4-5-3-1;;/h3*1-5H,(H,8,9);1-5H;1H2;/q;;;-1;;. The van der Waals surface area contributed by atoms with Gasteiger partial charge in [0.05, 0.1) is 16.7 Å². The quantitative estimate of drug-likeness (QED) is 0.321. The molecule has 176 valence electrons. The summed E-state index contributed by atoms with van der Waals surface area (Å²) >= 11 is 0. The van der Waals surface area contributed by atoms with Crippen LogP contribution >= 0.6 is 0 Å². The van der Waals surface area contributed by atoms with Gasteiger partial charge in [-0.1, -0.05) is 54.6 Å². The van der Waals surface area contributed by atoms with Crippen molar-refractivity contribution in [3.05, 3.63) is 138 Å². The van der Waals surface area contributed by atoms with E-state index in [2.05, 4.69) is 0 Å². The molecule has 0 spiro atoms. The molecule has 0 saturated carbocycles. The minimum absolute atomic E-state index is 0. The van der Waals surface area contributed by atoms with E-state index in [1.54, 1.807) is 91.0 Å². The van der Waals surface area contributed by atoms with Crippen LogP contribution in [0, 0.1) is 0 Å². The Morgan fingerprint density at radius 1 is 0.471 bits per heavy atom. The first-order valence-corrected chi connectivity index (χ1v) is 9.43. The van der Waals surface area contributed by atoms with Gasteiger partial charge in [-0.25, -0.2) is 26.5 Å². The second-order valence-corrected chi connectivity index (χ2v) is 5.98. The van der Waals surface area contributed by atoms with E-state index in [0.29, 0.717) is 16.7 Å². The van der Waals surface area contributed by atoms with Crippen LogP contribution in [-0.2, 0) is 26.2 Å². The molecule has 0 atom stereocenters. The Labute approximate surface area is 216 Å². The maximum atomic E-state index is 10.2. The molecule has 0 unspecified atom stereocenters. The fourth-order valence-electron chi connectivity index (χ4n) is 2.06.